The molecule has 0 atom stereocenters. The van der Waals surface area contributed by atoms with Gasteiger partial charge in [0.05, 0.1) is 5.02 Å². The third kappa shape index (κ3) is 2.67. The highest BCUT2D eigenvalue weighted by atomic mass is 35.7. The van der Waals surface area contributed by atoms with Gasteiger partial charge in [-0.25, -0.2) is 22.2 Å². The number of pyridine rings is 1. The van der Waals surface area contributed by atoms with Crippen LogP contribution in [0.4, 0.5) is 8.78 Å². The zero-order valence-electron chi connectivity index (χ0n) is 6.79. The molecule has 0 aliphatic heterocycles. The molecule has 84 valence electrons. The summed E-state index contributed by atoms with van der Waals surface area (Å²) in [4.78, 5) is 2.99. The van der Waals surface area contributed by atoms with Gasteiger partial charge in [-0.3, -0.25) is 0 Å². The van der Waals surface area contributed by atoms with Gasteiger partial charge in [0.15, 0.2) is 5.03 Å². The number of nitrogens with zero attached hydrogens (tertiary/aromatic N) is 1. The molecule has 4 nitrogen and oxygen atoms in total. The number of aromatic hydroxyl groups is 1. The van der Waals surface area contributed by atoms with Gasteiger partial charge in [0.2, 0.25) is 0 Å². The number of hydrogen-bond acceptors (Lipinski definition) is 4. The van der Waals surface area contributed by atoms with E-state index in [0.29, 0.717) is 6.07 Å². The third-order valence-electron chi connectivity index (χ3n) is 1.39. The third-order valence-corrected chi connectivity index (χ3v) is 3.00. The Balaban J connectivity index is 3.50. The van der Waals surface area contributed by atoms with Crippen molar-refractivity contribution in [3.8, 4) is 5.75 Å². The van der Waals surface area contributed by atoms with Crippen molar-refractivity contribution in [3.63, 3.8) is 0 Å². The second-order valence-corrected chi connectivity index (χ2v) is 5.31. The Morgan fingerprint density at radius 2 is 2.00 bits per heavy atom. The van der Waals surface area contributed by atoms with Gasteiger partial charge in [-0.1, -0.05) is 11.6 Å². The van der Waals surface area contributed by atoms with E-state index in [1.54, 1.807) is 0 Å². The van der Waals surface area contributed by atoms with E-state index in [1.807, 2.05) is 0 Å². The largest absolute Gasteiger partial charge is 0.506 e. The molecule has 0 saturated carbocycles. The fourth-order valence-corrected chi connectivity index (χ4v) is 2.23. The second-order valence-electron chi connectivity index (χ2n) is 2.42. The minimum Gasteiger partial charge on any atom is -0.506 e. The summed E-state index contributed by atoms with van der Waals surface area (Å²) in [6.45, 7) is 0. The Bertz CT molecular complexity index is 491. The van der Waals surface area contributed by atoms with E-state index in [9.17, 15) is 17.2 Å². The monoisotopic (exact) mass is 277 g/mol. The zero-order chi connectivity index (χ0) is 11.8. The standard InChI is InChI=1S/C6H3Cl2F2NO3S/c7-2-1-3(12)4(5(9)10)11-6(2)15(8,13)14/h1,5,12H. The molecule has 1 aromatic rings. The van der Waals surface area contributed by atoms with Crippen LogP contribution in [0.3, 0.4) is 0 Å². The van der Waals surface area contributed by atoms with Crippen LogP contribution < -0.4 is 0 Å². The lowest BCUT2D eigenvalue weighted by molar-refractivity contribution is 0.141. The van der Waals surface area contributed by atoms with Gasteiger partial charge in [-0.05, 0) is 0 Å². The zero-order valence-corrected chi connectivity index (χ0v) is 9.11. The molecule has 0 spiro atoms. The molecule has 0 radical (unpaired) electrons. The summed E-state index contributed by atoms with van der Waals surface area (Å²) in [5.74, 6) is -0.890. The molecule has 0 amide bonds. The molecule has 1 N–H and O–H groups in total. The Hall–Kier alpha value is -0.660. The van der Waals surface area contributed by atoms with Gasteiger partial charge in [0.25, 0.3) is 15.5 Å². The van der Waals surface area contributed by atoms with E-state index in [0.717, 1.165) is 0 Å². The van der Waals surface area contributed by atoms with Crippen molar-refractivity contribution >= 4 is 31.3 Å². The smallest absolute Gasteiger partial charge is 0.284 e. The molecule has 1 rings (SSSR count). The minimum atomic E-state index is -4.32. The average molecular weight is 278 g/mol. The van der Waals surface area contributed by atoms with Crippen molar-refractivity contribution in [2.75, 3.05) is 0 Å². The lowest BCUT2D eigenvalue weighted by Gasteiger charge is -2.05. The summed E-state index contributed by atoms with van der Waals surface area (Å²) in [6.07, 6.45) is -3.13. The van der Waals surface area contributed by atoms with E-state index in [-0.39, 0.29) is 0 Å². The second kappa shape index (κ2) is 4.07. The normalized spacial score (nSPS) is 12.1. The van der Waals surface area contributed by atoms with Crippen molar-refractivity contribution in [2.24, 2.45) is 0 Å². The molecule has 0 saturated heterocycles. The van der Waals surface area contributed by atoms with Crippen LogP contribution in [0.1, 0.15) is 12.1 Å². The first-order valence-electron chi connectivity index (χ1n) is 3.35. The maximum atomic E-state index is 12.2. The first-order chi connectivity index (χ1) is 6.73. The van der Waals surface area contributed by atoms with Crippen molar-refractivity contribution in [2.45, 2.75) is 11.5 Å². The van der Waals surface area contributed by atoms with Crippen LogP contribution in [-0.4, -0.2) is 18.5 Å². The quantitative estimate of drug-likeness (QED) is 0.843. The van der Waals surface area contributed by atoms with Crippen molar-refractivity contribution in [3.05, 3.63) is 16.8 Å². The maximum absolute atomic E-state index is 12.2. The minimum absolute atomic E-state index is 0.521. The number of alkyl halides is 2. The summed E-state index contributed by atoms with van der Waals surface area (Å²) in [6, 6.07) is 0.644. The fraction of sp³-hybridized carbons (Fsp3) is 0.167. The molecule has 1 aromatic heterocycles. The Morgan fingerprint density at radius 1 is 1.47 bits per heavy atom. The molecule has 1 heterocycles. The van der Waals surface area contributed by atoms with Crippen molar-refractivity contribution < 1.29 is 22.3 Å². The lowest BCUT2D eigenvalue weighted by Crippen LogP contribution is -2.01. The topological polar surface area (TPSA) is 67.3 Å². The number of rotatable bonds is 2. The molecule has 9 heteroatoms. The fourth-order valence-electron chi connectivity index (χ4n) is 0.807. The van der Waals surface area contributed by atoms with E-state index < -0.39 is 37.0 Å². The molecular formula is C6H3Cl2F2NO3S. The van der Waals surface area contributed by atoms with Crippen LogP contribution in [0, 0.1) is 0 Å². The average Bonchev–Trinajstić information content (AvgIpc) is 2.00. The number of aromatic nitrogens is 1. The highest BCUT2D eigenvalue weighted by Crippen LogP contribution is 2.33. The van der Waals surface area contributed by atoms with E-state index in [2.05, 4.69) is 4.98 Å². The SMILES string of the molecule is O=S(=O)(Cl)c1nc(C(F)F)c(O)cc1Cl. The van der Waals surface area contributed by atoms with Crippen LogP contribution >= 0.6 is 22.3 Å². The first kappa shape index (κ1) is 12.4. The van der Waals surface area contributed by atoms with Crippen molar-refractivity contribution in [1.29, 1.82) is 0 Å². The van der Waals surface area contributed by atoms with Gasteiger partial charge < -0.3 is 5.11 Å². The predicted octanol–water partition coefficient (Wildman–Crippen LogP) is 2.31. The van der Waals surface area contributed by atoms with E-state index in [1.165, 1.54) is 0 Å². The summed E-state index contributed by atoms with van der Waals surface area (Å²) >= 11 is 5.36. The van der Waals surface area contributed by atoms with Gasteiger partial charge in [0.1, 0.15) is 11.4 Å². The highest BCUT2D eigenvalue weighted by molar-refractivity contribution is 8.13. The van der Waals surface area contributed by atoms with Gasteiger partial charge in [0, 0.05) is 16.7 Å². The molecule has 0 bridgehead atoms. The first-order valence-corrected chi connectivity index (χ1v) is 6.04. The molecule has 0 aliphatic rings. The maximum Gasteiger partial charge on any atom is 0.284 e. The van der Waals surface area contributed by atoms with Gasteiger partial charge in [-0.2, -0.15) is 0 Å². The van der Waals surface area contributed by atoms with Crippen molar-refractivity contribution in [1.82, 2.24) is 4.98 Å². The van der Waals surface area contributed by atoms with E-state index in [4.69, 9.17) is 27.4 Å². The summed E-state index contributed by atoms with van der Waals surface area (Å²) < 4.78 is 46.1. The highest BCUT2D eigenvalue weighted by Gasteiger charge is 2.23. The number of hydrogen-bond donors (Lipinski definition) is 1. The summed E-state index contributed by atoms with van der Waals surface area (Å²) in [7, 11) is 0.570. The molecule has 0 fully saturated rings. The Morgan fingerprint density at radius 3 is 2.40 bits per heavy atom. The molecule has 0 unspecified atom stereocenters. The summed E-state index contributed by atoms with van der Waals surface area (Å²) in [5.41, 5.74) is -1.08. The summed E-state index contributed by atoms with van der Waals surface area (Å²) in [5, 5.41) is 7.56. The van der Waals surface area contributed by atoms with Crippen LogP contribution in [-0.2, 0) is 9.05 Å². The van der Waals surface area contributed by atoms with Crippen LogP contribution in [0.5, 0.6) is 5.75 Å². The molecule has 15 heavy (non-hydrogen) atoms. The van der Waals surface area contributed by atoms with E-state index >= 15 is 0 Å². The van der Waals surface area contributed by atoms with Crippen LogP contribution in [0.15, 0.2) is 11.1 Å². The Kier molecular flexibility index (Phi) is 3.37. The van der Waals surface area contributed by atoms with Gasteiger partial charge in [-0.15, -0.1) is 0 Å². The van der Waals surface area contributed by atoms with Gasteiger partial charge >= 0.3 is 0 Å². The molecule has 0 aromatic carbocycles. The van der Waals surface area contributed by atoms with Crippen LogP contribution in [0.25, 0.3) is 0 Å². The molecule has 0 aliphatic carbocycles. The Labute approximate surface area is 92.9 Å². The molecular weight excluding hydrogens is 275 g/mol. The van der Waals surface area contributed by atoms with Crippen LogP contribution in [0.2, 0.25) is 5.02 Å². The number of halogens is 4. The predicted molar refractivity (Wildman–Crippen MR) is 48.9 cm³/mol. The lowest BCUT2D eigenvalue weighted by atomic mass is 10.3.